The molecular formula is C15H19N. The smallest absolute Gasteiger partial charge is 0.0905 e. The molecule has 1 rings (SSSR count). The number of hydrogen-bond donors (Lipinski definition) is 0. The second kappa shape index (κ2) is 15.4. The highest BCUT2D eigenvalue weighted by molar-refractivity contribution is 5.45. The molecule has 0 aromatic heterocycles. The van der Waals surface area contributed by atoms with Crippen molar-refractivity contribution in [1.82, 2.24) is 0 Å². The average molecular weight is 213 g/mol. The molecule has 0 N–H and O–H groups in total. The van der Waals surface area contributed by atoms with Gasteiger partial charge in [0.2, 0.25) is 0 Å². The molecule has 0 aliphatic rings. The first-order valence-electron chi connectivity index (χ1n) is 5.05. The maximum Gasteiger partial charge on any atom is 0.0905 e. The molecule has 0 aliphatic heterocycles. The first-order valence-corrected chi connectivity index (χ1v) is 5.05. The fourth-order valence-electron chi connectivity index (χ4n) is 0.589. The normalized spacial score (nSPS) is 6.75. The Labute approximate surface area is 99.1 Å². The third kappa shape index (κ3) is 14.5. The van der Waals surface area contributed by atoms with Crippen molar-refractivity contribution in [3.63, 3.8) is 0 Å². The van der Waals surface area contributed by atoms with Crippen LogP contribution in [0.1, 0.15) is 18.9 Å². The number of nitriles is 1. The maximum atomic E-state index is 7.51. The van der Waals surface area contributed by atoms with E-state index in [2.05, 4.69) is 26.7 Å². The maximum absolute atomic E-state index is 7.51. The largest absolute Gasteiger partial charge is 0.193 e. The summed E-state index contributed by atoms with van der Waals surface area (Å²) in [4.78, 5) is 0. The summed E-state index contributed by atoms with van der Waals surface area (Å²) in [5.74, 6) is 0. The van der Waals surface area contributed by atoms with Crippen LogP contribution in [0, 0.1) is 11.3 Å². The average Bonchev–Trinajstić information content (AvgIpc) is 2.40. The van der Waals surface area contributed by atoms with E-state index in [4.69, 9.17) is 5.26 Å². The van der Waals surface area contributed by atoms with Crippen LogP contribution in [0.2, 0.25) is 0 Å². The van der Waals surface area contributed by atoms with Crippen LogP contribution in [0.3, 0.4) is 0 Å². The second-order valence-corrected chi connectivity index (χ2v) is 2.64. The monoisotopic (exact) mass is 213 g/mol. The minimum absolute atomic E-state index is 1.08. The predicted octanol–water partition coefficient (Wildman–Crippen LogP) is 4.61. The van der Waals surface area contributed by atoms with Crippen LogP contribution < -0.4 is 0 Å². The predicted molar refractivity (Wildman–Crippen MR) is 72.8 cm³/mol. The van der Waals surface area contributed by atoms with Crippen molar-refractivity contribution < 1.29 is 0 Å². The lowest BCUT2D eigenvalue weighted by atomic mass is 10.2. The molecule has 84 valence electrons. The molecule has 0 radical (unpaired) electrons. The zero-order valence-electron chi connectivity index (χ0n) is 9.89. The van der Waals surface area contributed by atoms with E-state index in [1.165, 1.54) is 11.6 Å². The number of hydrogen-bond acceptors (Lipinski definition) is 1. The Kier molecular flexibility index (Phi) is 15.8. The molecular weight excluding hydrogens is 194 g/mol. The molecule has 1 aromatic rings. The summed E-state index contributed by atoms with van der Waals surface area (Å²) in [5, 5.41) is 7.51. The van der Waals surface area contributed by atoms with E-state index >= 15 is 0 Å². The van der Waals surface area contributed by atoms with Crippen LogP contribution >= 0.6 is 0 Å². The molecule has 1 nitrogen and oxygen atoms in total. The zero-order valence-corrected chi connectivity index (χ0v) is 9.89. The van der Waals surface area contributed by atoms with Crippen LogP contribution in [0.5, 0.6) is 0 Å². The molecule has 0 bridgehead atoms. The lowest BCUT2D eigenvalue weighted by Gasteiger charge is -1.85. The van der Waals surface area contributed by atoms with E-state index in [1.807, 2.05) is 42.5 Å². The summed E-state index contributed by atoms with van der Waals surface area (Å²) in [5.41, 5.74) is 1.17. The first-order chi connectivity index (χ1) is 7.76. The summed E-state index contributed by atoms with van der Waals surface area (Å²) in [7, 11) is 0. The number of allylic oxidation sites excluding steroid dienone is 2. The van der Waals surface area contributed by atoms with Crippen molar-refractivity contribution in [2.45, 2.75) is 13.3 Å². The second-order valence-electron chi connectivity index (χ2n) is 2.64. The highest BCUT2D eigenvalue weighted by atomic mass is 14.2. The van der Waals surface area contributed by atoms with Crippen molar-refractivity contribution in [1.29, 1.82) is 5.26 Å². The lowest BCUT2D eigenvalue weighted by Crippen LogP contribution is -1.63. The van der Waals surface area contributed by atoms with E-state index in [0.29, 0.717) is 0 Å². The highest BCUT2D eigenvalue weighted by Gasteiger charge is 1.75. The Hall–Kier alpha value is -2.07. The molecule has 16 heavy (non-hydrogen) atoms. The molecule has 0 fully saturated rings. The summed E-state index contributed by atoms with van der Waals surface area (Å²) in [6.07, 6.45) is 5.97. The van der Waals surface area contributed by atoms with Gasteiger partial charge in [0, 0.05) is 6.08 Å². The van der Waals surface area contributed by atoms with Gasteiger partial charge in [-0.2, -0.15) is 5.26 Å². The van der Waals surface area contributed by atoms with Gasteiger partial charge in [-0.25, -0.2) is 0 Å². The van der Waals surface area contributed by atoms with E-state index in [-0.39, 0.29) is 0 Å². The topological polar surface area (TPSA) is 23.8 Å². The highest BCUT2D eigenvalue weighted by Crippen LogP contribution is 1.97. The molecule has 0 unspecified atom stereocenters. The SMILES string of the molecule is C=CC#N.C=CCC.C=Cc1ccccc1. The van der Waals surface area contributed by atoms with E-state index in [9.17, 15) is 0 Å². The van der Waals surface area contributed by atoms with Gasteiger partial charge in [0.1, 0.15) is 0 Å². The molecule has 0 heterocycles. The summed E-state index contributed by atoms with van der Waals surface area (Å²) < 4.78 is 0. The Bertz CT molecular complexity index is 317. The van der Waals surface area contributed by atoms with Crippen LogP contribution in [0.25, 0.3) is 6.08 Å². The molecule has 0 saturated carbocycles. The van der Waals surface area contributed by atoms with Gasteiger partial charge in [0.05, 0.1) is 6.07 Å². The summed E-state index contributed by atoms with van der Waals surface area (Å²) >= 11 is 0. The molecule has 1 heteroatoms. The number of nitrogens with zero attached hydrogens (tertiary/aromatic N) is 1. The van der Waals surface area contributed by atoms with E-state index in [1.54, 1.807) is 6.07 Å². The van der Waals surface area contributed by atoms with Gasteiger partial charge in [-0.3, -0.25) is 0 Å². The standard InChI is InChI=1S/C8H8.C4H8.C3H3N/c1-2-8-6-4-3-5-7-8;1-3-4-2;1-2-3-4/h2-7H,1H2;3H,1,4H2,2H3;2H,1H2. The Morgan fingerprint density at radius 1 is 1.19 bits per heavy atom. The Morgan fingerprint density at radius 2 is 1.62 bits per heavy atom. The van der Waals surface area contributed by atoms with Gasteiger partial charge in [-0.15, -0.1) is 6.58 Å². The van der Waals surface area contributed by atoms with Gasteiger partial charge < -0.3 is 0 Å². The fraction of sp³-hybridized carbons (Fsp3) is 0.133. The van der Waals surface area contributed by atoms with Gasteiger partial charge in [0.15, 0.2) is 0 Å². The van der Waals surface area contributed by atoms with Gasteiger partial charge in [-0.05, 0) is 12.0 Å². The van der Waals surface area contributed by atoms with Crippen LogP contribution in [0.4, 0.5) is 0 Å². The molecule has 1 aromatic carbocycles. The molecule has 0 aliphatic carbocycles. The van der Waals surface area contributed by atoms with Gasteiger partial charge >= 0.3 is 0 Å². The minimum Gasteiger partial charge on any atom is -0.193 e. The quantitative estimate of drug-likeness (QED) is 0.520. The third-order valence-electron chi connectivity index (χ3n) is 1.42. The molecule has 0 atom stereocenters. The number of rotatable bonds is 2. The van der Waals surface area contributed by atoms with E-state index in [0.717, 1.165) is 6.42 Å². The van der Waals surface area contributed by atoms with Crippen LogP contribution in [-0.4, -0.2) is 0 Å². The van der Waals surface area contributed by atoms with E-state index < -0.39 is 0 Å². The molecule has 0 amide bonds. The van der Waals surface area contributed by atoms with Crippen molar-refractivity contribution in [2.24, 2.45) is 0 Å². The summed E-state index contributed by atoms with van der Waals surface area (Å²) in [6.45, 7) is 12.3. The lowest BCUT2D eigenvalue weighted by molar-refractivity contribution is 1.23. The van der Waals surface area contributed by atoms with Crippen molar-refractivity contribution >= 4 is 6.08 Å². The Balaban J connectivity index is 0. The molecule has 0 saturated heterocycles. The van der Waals surface area contributed by atoms with Crippen molar-refractivity contribution in [3.05, 3.63) is 67.8 Å². The zero-order chi connectivity index (χ0) is 12.6. The van der Waals surface area contributed by atoms with Crippen molar-refractivity contribution in [2.75, 3.05) is 0 Å². The fourth-order valence-corrected chi connectivity index (χ4v) is 0.589. The van der Waals surface area contributed by atoms with Gasteiger partial charge in [-0.1, -0.05) is 62.6 Å². The minimum atomic E-state index is 1.08. The van der Waals surface area contributed by atoms with Crippen LogP contribution in [0.15, 0.2) is 62.2 Å². The van der Waals surface area contributed by atoms with Crippen molar-refractivity contribution in [3.8, 4) is 6.07 Å². The summed E-state index contributed by atoms with van der Waals surface area (Å²) in [6, 6.07) is 11.7. The van der Waals surface area contributed by atoms with Crippen LogP contribution in [-0.2, 0) is 0 Å². The van der Waals surface area contributed by atoms with Gasteiger partial charge in [0.25, 0.3) is 0 Å². The third-order valence-corrected chi connectivity index (χ3v) is 1.42. The molecule has 0 spiro atoms. The first kappa shape index (κ1) is 16.4. The number of benzene rings is 1. The Morgan fingerprint density at radius 3 is 1.81 bits per heavy atom.